The molecule has 0 aliphatic heterocycles. The van der Waals surface area contributed by atoms with E-state index < -0.39 is 11.0 Å². The maximum absolute atomic E-state index is 11.6. The van der Waals surface area contributed by atoms with E-state index in [1.807, 2.05) is 13.8 Å². The third-order valence-corrected chi connectivity index (χ3v) is 2.61. The van der Waals surface area contributed by atoms with Crippen LogP contribution in [0.3, 0.4) is 0 Å². The minimum Gasteiger partial charge on any atom is -0.388 e. The Morgan fingerprint density at radius 2 is 1.63 bits per heavy atom. The Hall–Kier alpha value is -1.10. The predicted molar refractivity (Wildman–Crippen MR) is 75.6 cm³/mol. The Morgan fingerprint density at radius 3 is 2.05 bits per heavy atom. The molecule has 0 fully saturated rings. The van der Waals surface area contributed by atoms with E-state index in [1.165, 1.54) is 0 Å². The molecule has 0 bridgehead atoms. The molecular weight excluding hydrogens is 244 g/mol. The van der Waals surface area contributed by atoms with Crippen LogP contribution in [0.1, 0.15) is 48.0 Å². The lowest BCUT2D eigenvalue weighted by Gasteiger charge is -2.25. The molecule has 2 amide bonds. The smallest absolute Gasteiger partial charge is 0.239 e. The van der Waals surface area contributed by atoms with Crippen molar-refractivity contribution in [1.29, 1.82) is 0 Å². The molecule has 5 heteroatoms. The molecule has 0 aromatic heterocycles. The topological polar surface area (TPSA) is 78.4 Å². The first-order chi connectivity index (χ1) is 8.44. The van der Waals surface area contributed by atoms with Crippen LogP contribution in [0.2, 0.25) is 0 Å². The summed E-state index contributed by atoms with van der Waals surface area (Å²) in [4.78, 5) is 23.1. The zero-order valence-electron chi connectivity index (χ0n) is 13.0. The van der Waals surface area contributed by atoms with Crippen molar-refractivity contribution >= 4 is 11.8 Å². The van der Waals surface area contributed by atoms with Gasteiger partial charge in [-0.3, -0.25) is 9.59 Å². The summed E-state index contributed by atoms with van der Waals surface area (Å²) in [5, 5.41) is 15.2. The molecule has 0 rings (SSSR count). The molecule has 0 aromatic rings. The summed E-state index contributed by atoms with van der Waals surface area (Å²) in [6, 6.07) is 0. The number of rotatable bonds is 6. The number of amides is 2. The lowest BCUT2D eigenvalue weighted by atomic mass is 9.94. The van der Waals surface area contributed by atoms with Crippen molar-refractivity contribution in [2.24, 2.45) is 11.3 Å². The summed E-state index contributed by atoms with van der Waals surface area (Å²) in [6.07, 6.45) is 0.613. The second-order valence-electron chi connectivity index (χ2n) is 6.80. The fourth-order valence-corrected chi connectivity index (χ4v) is 1.73. The molecule has 0 aliphatic rings. The van der Waals surface area contributed by atoms with Crippen molar-refractivity contribution in [1.82, 2.24) is 10.6 Å². The van der Waals surface area contributed by atoms with Crippen LogP contribution in [0.4, 0.5) is 0 Å². The van der Waals surface area contributed by atoms with Crippen LogP contribution in [-0.4, -0.2) is 35.6 Å². The molecule has 0 radical (unpaired) electrons. The van der Waals surface area contributed by atoms with Crippen LogP contribution in [-0.2, 0) is 9.59 Å². The number of aliphatic hydroxyl groups is 1. The summed E-state index contributed by atoms with van der Waals surface area (Å²) in [5.74, 6) is -0.106. The fraction of sp³-hybridized carbons (Fsp3) is 0.857. The number of carbonyl (C=O) groups excluding carboxylic acids is 2. The highest BCUT2D eigenvalue weighted by Gasteiger charge is 2.24. The van der Waals surface area contributed by atoms with Crippen molar-refractivity contribution in [3.63, 3.8) is 0 Å². The van der Waals surface area contributed by atoms with Gasteiger partial charge in [-0.1, -0.05) is 34.6 Å². The average Bonchev–Trinajstić information content (AvgIpc) is 2.19. The van der Waals surface area contributed by atoms with Gasteiger partial charge < -0.3 is 15.7 Å². The van der Waals surface area contributed by atoms with Gasteiger partial charge in [0.25, 0.3) is 0 Å². The van der Waals surface area contributed by atoms with Gasteiger partial charge in [0.1, 0.15) is 0 Å². The van der Waals surface area contributed by atoms with Crippen molar-refractivity contribution in [3.05, 3.63) is 0 Å². The van der Waals surface area contributed by atoms with Crippen LogP contribution < -0.4 is 10.6 Å². The molecule has 0 saturated heterocycles. The third kappa shape index (κ3) is 8.59. The van der Waals surface area contributed by atoms with E-state index in [4.69, 9.17) is 0 Å². The summed E-state index contributed by atoms with van der Waals surface area (Å²) >= 11 is 0. The van der Waals surface area contributed by atoms with Gasteiger partial charge in [0, 0.05) is 12.0 Å². The molecule has 1 atom stereocenters. The molecule has 0 heterocycles. The second-order valence-corrected chi connectivity index (χ2v) is 6.80. The van der Waals surface area contributed by atoms with E-state index in [0.717, 1.165) is 0 Å². The van der Waals surface area contributed by atoms with Gasteiger partial charge >= 0.3 is 0 Å². The largest absolute Gasteiger partial charge is 0.388 e. The van der Waals surface area contributed by atoms with Crippen molar-refractivity contribution in [2.45, 2.75) is 53.6 Å². The molecule has 112 valence electrons. The highest BCUT2D eigenvalue weighted by molar-refractivity contribution is 5.87. The molecule has 5 nitrogen and oxygen atoms in total. The summed E-state index contributed by atoms with van der Waals surface area (Å²) in [5.41, 5.74) is -1.43. The zero-order chi connectivity index (χ0) is 15.3. The van der Waals surface area contributed by atoms with Crippen LogP contribution in [0.5, 0.6) is 0 Å². The Labute approximate surface area is 116 Å². The summed E-state index contributed by atoms with van der Waals surface area (Å²) in [6.45, 7) is 11.2. The lowest BCUT2D eigenvalue weighted by Crippen LogP contribution is -2.46. The van der Waals surface area contributed by atoms with Crippen LogP contribution in [0.25, 0.3) is 0 Å². The second kappa shape index (κ2) is 6.89. The quantitative estimate of drug-likeness (QED) is 0.676. The first-order valence-corrected chi connectivity index (χ1v) is 6.71. The van der Waals surface area contributed by atoms with Gasteiger partial charge in [-0.15, -0.1) is 0 Å². The maximum Gasteiger partial charge on any atom is 0.239 e. The molecule has 0 saturated carbocycles. The monoisotopic (exact) mass is 272 g/mol. The maximum atomic E-state index is 11.6. The molecule has 3 N–H and O–H groups in total. The SMILES string of the molecule is CC(C)CC(C)(O)CNC(=O)CNC(=O)C(C)(C)C. The first kappa shape index (κ1) is 17.9. The Morgan fingerprint density at radius 1 is 1.11 bits per heavy atom. The number of carbonyl (C=O) groups is 2. The van der Waals surface area contributed by atoms with E-state index in [-0.39, 0.29) is 24.9 Å². The van der Waals surface area contributed by atoms with Crippen molar-refractivity contribution in [2.75, 3.05) is 13.1 Å². The first-order valence-electron chi connectivity index (χ1n) is 6.71. The van der Waals surface area contributed by atoms with Gasteiger partial charge in [-0.2, -0.15) is 0 Å². The number of nitrogens with one attached hydrogen (secondary N) is 2. The predicted octanol–water partition coefficient (Wildman–Crippen LogP) is 1.06. The fourth-order valence-electron chi connectivity index (χ4n) is 1.73. The minimum absolute atomic E-state index is 0.0616. The highest BCUT2D eigenvalue weighted by atomic mass is 16.3. The molecule has 0 aromatic carbocycles. The van der Waals surface area contributed by atoms with E-state index in [9.17, 15) is 14.7 Å². The molecule has 19 heavy (non-hydrogen) atoms. The summed E-state index contributed by atoms with van der Waals surface area (Å²) in [7, 11) is 0. The Kier molecular flexibility index (Phi) is 6.49. The van der Waals surface area contributed by atoms with E-state index >= 15 is 0 Å². The standard InChI is InChI=1S/C14H28N2O3/c1-10(2)7-14(6,19)9-16-11(17)8-15-12(18)13(3,4)5/h10,19H,7-9H2,1-6H3,(H,15,18)(H,16,17). The normalized spacial score (nSPS) is 14.9. The Bertz CT molecular complexity index is 317. The third-order valence-electron chi connectivity index (χ3n) is 2.61. The Balaban J connectivity index is 4.04. The van der Waals surface area contributed by atoms with Crippen molar-refractivity contribution in [3.8, 4) is 0 Å². The van der Waals surface area contributed by atoms with Gasteiger partial charge in [0.05, 0.1) is 12.1 Å². The number of hydrogen-bond acceptors (Lipinski definition) is 3. The highest BCUT2D eigenvalue weighted by Crippen LogP contribution is 2.15. The van der Waals surface area contributed by atoms with Gasteiger partial charge in [0.2, 0.25) is 11.8 Å². The molecule has 0 aliphatic carbocycles. The zero-order valence-corrected chi connectivity index (χ0v) is 13.0. The van der Waals surface area contributed by atoms with E-state index in [0.29, 0.717) is 12.3 Å². The van der Waals surface area contributed by atoms with Crippen molar-refractivity contribution < 1.29 is 14.7 Å². The average molecular weight is 272 g/mol. The van der Waals surface area contributed by atoms with E-state index in [1.54, 1.807) is 27.7 Å². The lowest BCUT2D eigenvalue weighted by molar-refractivity contribution is -0.131. The van der Waals surface area contributed by atoms with Crippen LogP contribution in [0.15, 0.2) is 0 Å². The molecule has 1 unspecified atom stereocenters. The van der Waals surface area contributed by atoms with E-state index in [2.05, 4.69) is 10.6 Å². The number of hydrogen-bond donors (Lipinski definition) is 3. The molecule has 0 spiro atoms. The van der Waals surface area contributed by atoms with Crippen LogP contribution >= 0.6 is 0 Å². The summed E-state index contributed by atoms with van der Waals surface area (Å²) < 4.78 is 0. The molecular formula is C14H28N2O3. The minimum atomic E-state index is -0.919. The van der Waals surface area contributed by atoms with Gasteiger partial charge in [-0.05, 0) is 19.3 Å². The van der Waals surface area contributed by atoms with Crippen LogP contribution in [0, 0.1) is 11.3 Å². The van der Waals surface area contributed by atoms with Gasteiger partial charge in [-0.25, -0.2) is 0 Å². The van der Waals surface area contributed by atoms with Gasteiger partial charge in [0.15, 0.2) is 0 Å².